The van der Waals surface area contributed by atoms with Crippen LogP contribution >= 0.6 is 0 Å². The molecule has 2 aromatic carbocycles. The maximum atomic E-state index is 14.0. The average molecular weight is 363 g/mol. The molecule has 0 saturated carbocycles. The standard InChI is InChI=1S/C20H12F2N4O/c21-15-3-1-2-14(19(15)22)20-24-16-9-23-26(11-17(16)25-20)10-12-4-5-18-13(8-12)6-7-27-18/h1-9,11H,10H2/p+1. The topological polar surface area (TPSA) is 58.6 Å². The van der Waals surface area contributed by atoms with Crippen LogP contribution in [-0.2, 0) is 6.54 Å². The number of benzene rings is 2. The van der Waals surface area contributed by atoms with E-state index in [9.17, 15) is 8.78 Å². The van der Waals surface area contributed by atoms with Crippen LogP contribution in [0.2, 0.25) is 0 Å². The van der Waals surface area contributed by atoms with Crippen molar-refractivity contribution in [2.24, 2.45) is 0 Å². The molecule has 0 bridgehead atoms. The molecule has 7 heteroatoms. The second-order valence-corrected chi connectivity index (χ2v) is 6.25. The molecule has 132 valence electrons. The molecule has 5 nitrogen and oxygen atoms in total. The summed E-state index contributed by atoms with van der Waals surface area (Å²) in [6, 6.07) is 11.9. The molecule has 0 aliphatic carbocycles. The first kappa shape index (κ1) is 15.6. The van der Waals surface area contributed by atoms with Crippen molar-refractivity contribution in [2.75, 3.05) is 0 Å². The van der Waals surface area contributed by atoms with Gasteiger partial charge in [-0.2, -0.15) is 0 Å². The van der Waals surface area contributed by atoms with Crippen LogP contribution in [0.4, 0.5) is 8.78 Å². The highest BCUT2D eigenvalue weighted by Crippen LogP contribution is 2.23. The van der Waals surface area contributed by atoms with Gasteiger partial charge in [-0.15, -0.1) is 0 Å². The zero-order chi connectivity index (χ0) is 18.4. The van der Waals surface area contributed by atoms with Crippen LogP contribution < -0.4 is 4.68 Å². The normalized spacial score (nSPS) is 11.5. The number of nitrogens with zero attached hydrogens (tertiary/aromatic N) is 3. The van der Waals surface area contributed by atoms with Gasteiger partial charge in [-0.05, 0) is 41.5 Å². The monoisotopic (exact) mass is 363 g/mol. The third-order valence-corrected chi connectivity index (χ3v) is 4.44. The fourth-order valence-corrected chi connectivity index (χ4v) is 3.11. The van der Waals surface area contributed by atoms with Crippen LogP contribution in [0.25, 0.3) is 33.4 Å². The quantitative estimate of drug-likeness (QED) is 0.493. The van der Waals surface area contributed by atoms with Gasteiger partial charge in [0.15, 0.2) is 18.2 Å². The first-order chi connectivity index (χ1) is 13.2. The third-order valence-electron chi connectivity index (χ3n) is 4.44. The first-order valence-corrected chi connectivity index (χ1v) is 8.33. The van der Waals surface area contributed by atoms with E-state index in [4.69, 9.17) is 4.42 Å². The van der Waals surface area contributed by atoms with Crippen LogP contribution in [0.5, 0.6) is 0 Å². The highest BCUT2D eigenvalue weighted by molar-refractivity contribution is 5.78. The molecule has 0 unspecified atom stereocenters. The van der Waals surface area contributed by atoms with E-state index in [-0.39, 0.29) is 11.4 Å². The second kappa shape index (κ2) is 5.98. The summed E-state index contributed by atoms with van der Waals surface area (Å²) >= 11 is 0. The van der Waals surface area contributed by atoms with Crippen LogP contribution in [0.3, 0.4) is 0 Å². The summed E-state index contributed by atoms with van der Waals surface area (Å²) in [7, 11) is 0. The second-order valence-electron chi connectivity index (χ2n) is 6.25. The predicted molar refractivity (Wildman–Crippen MR) is 94.8 cm³/mol. The minimum absolute atomic E-state index is 0.0863. The summed E-state index contributed by atoms with van der Waals surface area (Å²) in [4.78, 5) is 7.35. The fraction of sp³-hybridized carbons (Fsp3) is 0.0500. The Morgan fingerprint density at radius 2 is 2.04 bits per heavy atom. The smallest absolute Gasteiger partial charge is 0.222 e. The Bertz CT molecular complexity index is 1290. The van der Waals surface area contributed by atoms with Crippen molar-refractivity contribution in [3.63, 3.8) is 0 Å². The van der Waals surface area contributed by atoms with Gasteiger partial charge in [-0.3, -0.25) is 0 Å². The molecule has 0 aliphatic heterocycles. The van der Waals surface area contributed by atoms with Crippen molar-refractivity contribution in [2.45, 2.75) is 6.54 Å². The molecule has 0 saturated heterocycles. The number of nitrogens with one attached hydrogen (secondary N) is 1. The van der Waals surface area contributed by atoms with E-state index in [0.717, 1.165) is 22.6 Å². The number of hydrogen-bond donors (Lipinski definition) is 1. The van der Waals surface area contributed by atoms with Crippen molar-refractivity contribution < 1.29 is 17.9 Å². The molecule has 0 aliphatic rings. The van der Waals surface area contributed by atoms with Gasteiger partial charge >= 0.3 is 0 Å². The summed E-state index contributed by atoms with van der Waals surface area (Å²) in [5, 5.41) is 5.39. The van der Waals surface area contributed by atoms with Gasteiger partial charge in [-0.1, -0.05) is 10.7 Å². The van der Waals surface area contributed by atoms with Crippen molar-refractivity contribution in [3.8, 4) is 11.4 Å². The summed E-state index contributed by atoms with van der Waals surface area (Å²) < 4.78 is 34.6. The molecule has 0 amide bonds. The summed E-state index contributed by atoms with van der Waals surface area (Å²) in [6.07, 6.45) is 5.05. The number of hydrogen-bond acceptors (Lipinski definition) is 3. The lowest BCUT2D eigenvalue weighted by Crippen LogP contribution is -2.37. The van der Waals surface area contributed by atoms with Gasteiger partial charge in [0.25, 0.3) is 0 Å². The van der Waals surface area contributed by atoms with E-state index in [1.807, 2.05) is 24.3 Å². The van der Waals surface area contributed by atoms with Crippen LogP contribution in [0.15, 0.2) is 65.5 Å². The van der Waals surface area contributed by atoms with Gasteiger partial charge in [0.1, 0.15) is 28.6 Å². The summed E-state index contributed by atoms with van der Waals surface area (Å²) in [6.45, 7) is 0.555. The molecule has 3 aromatic heterocycles. The minimum Gasteiger partial charge on any atom is -0.464 e. The van der Waals surface area contributed by atoms with Crippen LogP contribution in [0.1, 0.15) is 5.56 Å². The molecule has 0 fully saturated rings. The van der Waals surface area contributed by atoms with Gasteiger partial charge in [0.05, 0.1) is 11.8 Å². The lowest BCUT2D eigenvalue weighted by molar-refractivity contribution is -0.745. The number of furan rings is 1. The fourth-order valence-electron chi connectivity index (χ4n) is 3.11. The molecular weight excluding hydrogens is 350 g/mol. The molecule has 0 radical (unpaired) electrons. The Balaban J connectivity index is 1.50. The number of fused-ring (bicyclic) bond motifs is 2. The number of aromatic nitrogens is 4. The highest BCUT2D eigenvalue weighted by Gasteiger charge is 2.16. The SMILES string of the molecule is Fc1cccc(-c2nc3cn[n+](Cc4ccc5occc5c4)cc3[nH]2)c1F. The van der Waals surface area contributed by atoms with Crippen molar-refractivity contribution in [1.29, 1.82) is 0 Å². The van der Waals surface area contributed by atoms with Crippen molar-refractivity contribution >= 4 is 22.0 Å². The number of H-pyrrole nitrogens is 1. The van der Waals surface area contributed by atoms with E-state index < -0.39 is 11.6 Å². The molecule has 1 N–H and O–H groups in total. The maximum absolute atomic E-state index is 14.0. The summed E-state index contributed by atoms with van der Waals surface area (Å²) in [5.74, 6) is -1.57. The van der Waals surface area contributed by atoms with Crippen molar-refractivity contribution in [3.05, 3.63) is 78.3 Å². The largest absolute Gasteiger partial charge is 0.464 e. The number of halogens is 2. The molecule has 3 heterocycles. The average Bonchev–Trinajstić information content (AvgIpc) is 3.29. The maximum Gasteiger partial charge on any atom is 0.222 e. The highest BCUT2D eigenvalue weighted by atomic mass is 19.2. The van der Waals surface area contributed by atoms with E-state index >= 15 is 0 Å². The third kappa shape index (κ3) is 2.73. The number of imidazole rings is 1. The molecule has 0 atom stereocenters. The van der Waals surface area contributed by atoms with Crippen LogP contribution in [0, 0.1) is 11.6 Å². The first-order valence-electron chi connectivity index (χ1n) is 8.33. The van der Waals surface area contributed by atoms with Gasteiger partial charge in [0, 0.05) is 10.9 Å². The molecule has 5 rings (SSSR count). The molecule has 5 aromatic rings. The Morgan fingerprint density at radius 1 is 1.11 bits per heavy atom. The Labute approximate surface area is 151 Å². The lowest BCUT2D eigenvalue weighted by Gasteiger charge is -1.99. The van der Waals surface area contributed by atoms with Crippen molar-refractivity contribution in [1.82, 2.24) is 15.1 Å². The predicted octanol–water partition coefficient (Wildman–Crippen LogP) is 3.99. The van der Waals surface area contributed by atoms with E-state index in [0.29, 0.717) is 17.6 Å². The Hall–Kier alpha value is -3.61. The van der Waals surface area contributed by atoms with E-state index in [1.165, 1.54) is 12.1 Å². The van der Waals surface area contributed by atoms with Gasteiger partial charge in [-0.25, -0.2) is 13.8 Å². The Kier molecular flexibility index (Phi) is 3.46. The Morgan fingerprint density at radius 3 is 2.96 bits per heavy atom. The molecular formula is C20H13F2N4O+. The van der Waals surface area contributed by atoms with E-state index in [1.54, 1.807) is 23.3 Å². The molecule has 27 heavy (non-hydrogen) atoms. The number of aromatic amines is 1. The lowest BCUT2D eigenvalue weighted by atomic mass is 10.1. The minimum atomic E-state index is -0.925. The van der Waals surface area contributed by atoms with Gasteiger partial charge < -0.3 is 9.40 Å². The summed E-state index contributed by atoms with van der Waals surface area (Å²) in [5.41, 5.74) is 3.26. The zero-order valence-corrected chi connectivity index (χ0v) is 14.0. The van der Waals surface area contributed by atoms with E-state index in [2.05, 4.69) is 15.1 Å². The zero-order valence-electron chi connectivity index (χ0n) is 14.0. The molecule has 0 spiro atoms. The van der Waals surface area contributed by atoms with Gasteiger partial charge in [0.2, 0.25) is 6.20 Å². The van der Waals surface area contributed by atoms with Crippen LogP contribution in [-0.4, -0.2) is 15.1 Å². The number of rotatable bonds is 3.